The first kappa shape index (κ1) is 20.9. The zero-order chi connectivity index (χ0) is 21.3. The predicted molar refractivity (Wildman–Crippen MR) is 112 cm³/mol. The van der Waals surface area contributed by atoms with Crippen LogP contribution >= 0.6 is 0 Å². The van der Waals surface area contributed by atoms with E-state index < -0.39 is 4.92 Å². The molecule has 8 heteroatoms. The zero-order valence-electron chi connectivity index (χ0n) is 16.6. The molecule has 3 aromatic rings. The number of carbonyl (C=O) groups excluding carboxylic acids is 1. The molecule has 8 nitrogen and oxygen atoms in total. The first-order chi connectivity index (χ1) is 14.6. The van der Waals surface area contributed by atoms with E-state index in [0.717, 1.165) is 12.0 Å². The summed E-state index contributed by atoms with van der Waals surface area (Å²) in [5, 5.41) is 14.7. The van der Waals surface area contributed by atoms with Crippen LogP contribution in [0.1, 0.15) is 24.8 Å². The smallest absolute Gasteiger partial charge is 0.269 e. The lowest BCUT2D eigenvalue weighted by atomic mass is 10.2. The van der Waals surface area contributed by atoms with Crippen LogP contribution in [-0.4, -0.2) is 39.0 Å². The number of aromatic nitrogens is 2. The Morgan fingerprint density at radius 2 is 1.87 bits per heavy atom. The maximum absolute atomic E-state index is 12.6. The molecule has 0 bridgehead atoms. The maximum Gasteiger partial charge on any atom is 0.269 e. The molecule has 0 aliphatic carbocycles. The summed E-state index contributed by atoms with van der Waals surface area (Å²) < 4.78 is 5.28. The molecule has 30 heavy (non-hydrogen) atoms. The molecular formula is C22H22N4O4. The van der Waals surface area contributed by atoms with Gasteiger partial charge in [-0.3, -0.25) is 14.9 Å². The number of nitro groups is 1. The van der Waals surface area contributed by atoms with Crippen LogP contribution in [-0.2, 0) is 11.2 Å². The second kappa shape index (κ2) is 10.1. The van der Waals surface area contributed by atoms with E-state index >= 15 is 0 Å². The molecule has 1 heterocycles. The monoisotopic (exact) mass is 406 g/mol. The molecule has 154 valence electrons. The highest BCUT2D eigenvalue weighted by molar-refractivity contribution is 5.91. The second-order valence-corrected chi connectivity index (χ2v) is 6.64. The molecule has 3 rings (SSSR count). The van der Waals surface area contributed by atoms with Crippen LogP contribution in [0.4, 0.5) is 5.69 Å². The molecule has 0 N–H and O–H groups in total. The van der Waals surface area contributed by atoms with Gasteiger partial charge in [0.1, 0.15) is 0 Å². The minimum Gasteiger partial charge on any atom is -0.339 e. The summed E-state index contributed by atoms with van der Waals surface area (Å²) in [6.45, 7) is 3.09. The average Bonchev–Trinajstić information content (AvgIpc) is 3.25. The summed E-state index contributed by atoms with van der Waals surface area (Å²) in [7, 11) is 0. The number of carbonyl (C=O) groups is 1. The molecule has 1 amide bonds. The van der Waals surface area contributed by atoms with Gasteiger partial charge in [-0.2, -0.15) is 4.98 Å². The standard InChI is InChI=1S/C22H22N4O4/c1-2-15-25(21(27)13-8-17-6-4-3-5-7-17)16-14-20-23-22(24-30-20)18-9-11-19(12-10-18)26(28)29/h3-13H,2,14-16H2,1H3/b13-8+. The third-order valence-corrected chi connectivity index (χ3v) is 4.42. The Kier molecular flexibility index (Phi) is 7.05. The quantitative estimate of drug-likeness (QED) is 0.301. The Morgan fingerprint density at radius 1 is 1.13 bits per heavy atom. The highest BCUT2D eigenvalue weighted by Gasteiger charge is 2.14. The van der Waals surface area contributed by atoms with Crippen LogP contribution in [0.5, 0.6) is 0 Å². The van der Waals surface area contributed by atoms with E-state index in [0.29, 0.717) is 36.8 Å². The summed E-state index contributed by atoms with van der Waals surface area (Å²) in [4.78, 5) is 28.9. The number of hydrogen-bond donors (Lipinski definition) is 0. The van der Waals surface area contributed by atoms with Gasteiger partial charge in [0.2, 0.25) is 17.6 Å². The molecule has 1 aromatic heterocycles. The summed E-state index contributed by atoms with van der Waals surface area (Å²) in [6, 6.07) is 15.6. The fraction of sp³-hybridized carbons (Fsp3) is 0.227. The van der Waals surface area contributed by atoms with Crippen molar-refractivity contribution in [2.75, 3.05) is 13.1 Å². The van der Waals surface area contributed by atoms with Crippen LogP contribution in [0.15, 0.2) is 65.2 Å². The number of non-ortho nitro benzene ring substituents is 1. The molecule has 0 unspecified atom stereocenters. The first-order valence-corrected chi connectivity index (χ1v) is 9.66. The number of hydrogen-bond acceptors (Lipinski definition) is 6. The van der Waals surface area contributed by atoms with Gasteiger partial charge in [-0.1, -0.05) is 42.4 Å². The molecule has 0 aliphatic rings. The summed E-state index contributed by atoms with van der Waals surface area (Å²) in [6.07, 6.45) is 4.62. The van der Waals surface area contributed by atoms with Crippen molar-refractivity contribution in [2.24, 2.45) is 0 Å². The minimum atomic E-state index is -0.461. The van der Waals surface area contributed by atoms with Crippen molar-refractivity contribution in [2.45, 2.75) is 19.8 Å². The molecule has 0 atom stereocenters. The Labute approximate surface area is 174 Å². The number of rotatable bonds is 9. The number of amides is 1. The first-order valence-electron chi connectivity index (χ1n) is 9.66. The molecule has 0 aliphatic heterocycles. The lowest BCUT2D eigenvalue weighted by molar-refractivity contribution is -0.384. The van der Waals surface area contributed by atoms with Gasteiger partial charge in [0.15, 0.2) is 0 Å². The molecule has 0 fully saturated rings. The van der Waals surface area contributed by atoms with Crippen molar-refractivity contribution in [1.29, 1.82) is 0 Å². The highest BCUT2D eigenvalue weighted by atomic mass is 16.6. The molecule has 0 radical (unpaired) electrons. The highest BCUT2D eigenvalue weighted by Crippen LogP contribution is 2.20. The van der Waals surface area contributed by atoms with E-state index in [1.165, 1.54) is 12.1 Å². The largest absolute Gasteiger partial charge is 0.339 e. The molecule has 2 aromatic carbocycles. The van der Waals surface area contributed by atoms with E-state index in [1.54, 1.807) is 29.2 Å². The van der Waals surface area contributed by atoms with Crippen molar-refractivity contribution in [1.82, 2.24) is 15.0 Å². The van der Waals surface area contributed by atoms with Gasteiger partial charge in [-0.05, 0) is 30.2 Å². The minimum absolute atomic E-state index is 0.000236. The second-order valence-electron chi connectivity index (χ2n) is 6.64. The van der Waals surface area contributed by atoms with E-state index in [2.05, 4.69) is 10.1 Å². The summed E-state index contributed by atoms with van der Waals surface area (Å²) in [5.74, 6) is 0.692. The average molecular weight is 406 g/mol. The van der Waals surface area contributed by atoms with Gasteiger partial charge < -0.3 is 9.42 Å². The Bertz CT molecular complexity index is 1010. The van der Waals surface area contributed by atoms with Gasteiger partial charge in [-0.25, -0.2) is 0 Å². The number of nitrogens with zero attached hydrogens (tertiary/aromatic N) is 4. The van der Waals surface area contributed by atoms with Crippen molar-refractivity contribution < 1.29 is 14.2 Å². The van der Waals surface area contributed by atoms with E-state index in [1.807, 2.05) is 37.3 Å². The van der Waals surface area contributed by atoms with Gasteiger partial charge in [-0.15, -0.1) is 0 Å². The van der Waals surface area contributed by atoms with E-state index in [-0.39, 0.29) is 11.6 Å². The fourth-order valence-electron chi connectivity index (χ4n) is 2.88. The van der Waals surface area contributed by atoms with Crippen molar-refractivity contribution >= 4 is 17.7 Å². The van der Waals surface area contributed by atoms with Gasteiger partial charge in [0.05, 0.1) is 4.92 Å². The molecule has 0 saturated carbocycles. The van der Waals surface area contributed by atoms with Crippen LogP contribution in [0.25, 0.3) is 17.5 Å². The fourth-order valence-corrected chi connectivity index (χ4v) is 2.88. The Morgan fingerprint density at radius 3 is 2.53 bits per heavy atom. The number of nitro benzene ring substituents is 1. The lowest BCUT2D eigenvalue weighted by Gasteiger charge is -2.19. The normalized spacial score (nSPS) is 11.0. The van der Waals surface area contributed by atoms with Gasteiger partial charge >= 0.3 is 0 Å². The molecule has 0 saturated heterocycles. The van der Waals surface area contributed by atoms with E-state index in [9.17, 15) is 14.9 Å². The maximum atomic E-state index is 12.6. The van der Waals surface area contributed by atoms with Crippen LogP contribution in [0.3, 0.4) is 0 Å². The number of benzene rings is 2. The molecule has 0 spiro atoms. The summed E-state index contributed by atoms with van der Waals surface area (Å²) >= 11 is 0. The SMILES string of the molecule is CCCN(CCc1nc(-c2ccc([N+](=O)[O-])cc2)no1)C(=O)/C=C/c1ccccc1. The Hall–Kier alpha value is -3.81. The van der Waals surface area contributed by atoms with Gasteiger partial charge in [0.25, 0.3) is 5.69 Å². The third kappa shape index (κ3) is 5.60. The van der Waals surface area contributed by atoms with Crippen LogP contribution in [0, 0.1) is 10.1 Å². The lowest BCUT2D eigenvalue weighted by Crippen LogP contribution is -2.32. The summed E-state index contributed by atoms with van der Waals surface area (Å²) in [5.41, 5.74) is 1.59. The van der Waals surface area contributed by atoms with Crippen LogP contribution in [0.2, 0.25) is 0 Å². The van der Waals surface area contributed by atoms with Gasteiger partial charge in [0, 0.05) is 43.3 Å². The predicted octanol–water partition coefficient (Wildman–Crippen LogP) is 4.14. The third-order valence-electron chi connectivity index (χ3n) is 4.42. The topological polar surface area (TPSA) is 102 Å². The van der Waals surface area contributed by atoms with E-state index in [4.69, 9.17) is 4.52 Å². The van der Waals surface area contributed by atoms with Crippen LogP contribution < -0.4 is 0 Å². The molecular weight excluding hydrogens is 384 g/mol. The van der Waals surface area contributed by atoms with Crippen molar-refractivity contribution in [3.05, 3.63) is 82.2 Å². The Balaban J connectivity index is 1.61. The van der Waals surface area contributed by atoms with Crippen molar-refractivity contribution in [3.8, 4) is 11.4 Å². The zero-order valence-corrected chi connectivity index (χ0v) is 16.6. The van der Waals surface area contributed by atoms with Crippen molar-refractivity contribution in [3.63, 3.8) is 0 Å².